The van der Waals surface area contributed by atoms with Gasteiger partial charge in [-0.15, -0.1) is 11.3 Å². The smallest absolute Gasteiger partial charge is 0.228 e. The number of nitrogens with zero attached hydrogens (tertiary/aromatic N) is 3. The summed E-state index contributed by atoms with van der Waals surface area (Å²) < 4.78 is 1.21. The second-order valence-electron chi connectivity index (χ2n) is 6.82. The molecule has 1 aromatic heterocycles. The highest BCUT2D eigenvalue weighted by molar-refractivity contribution is 7.18. The van der Waals surface area contributed by atoms with Crippen LogP contribution in [0.5, 0.6) is 0 Å². The van der Waals surface area contributed by atoms with Crippen LogP contribution in [0.1, 0.15) is 30.2 Å². The summed E-state index contributed by atoms with van der Waals surface area (Å²) in [5, 5.41) is 1.13. The Morgan fingerprint density at radius 1 is 1.29 bits per heavy atom. The van der Waals surface area contributed by atoms with Crippen LogP contribution < -0.4 is 0 Å². The molecule has 5 nitrogen and oxygen atoms in total. The Morgan fingerprint density at radius 2 is 2.12 bits per heavy atom. The molecule has 0 radical (unpaired) electrons. The van der Waals surface area contributed by atoms with Gasteiger partial charge in [-0.3, -0.25) is 9.59 Å². The van der Waals surface area contributed by atoms with Crippen LogP contribution in [0, 0.1) is 5.92 Å². The monoisotopic (exact) mass is 343 g/mol. The number of likely N-dealkylation sites (tertiary alicyclic amines) is 2. The molecule has 6 heteroatoms. The number of amides is 2. The molecule has 2 aliphatic rings. The van der Waals surface area contributed by atoms with Crippen LogP contribution in [0.25, 0.3) is 10.2 Å². The minimum Gasteiger partial charge on any atom is -0.345 e. The predicted octanol–water partition coefficient (Wildman–Crippen LogP) is 2.48. The molecule has 2 atom stereocenters. The van der Waals surface area contributed by atoms with Gasteiger partial charge in [0.25, 0.3) is 0 Å². The quantitative estimate of drug-likeness (QED) is 0.842. The van der Waals surface area contributed by atoms with Gasteiger partial charge in [0.15, 0.2) is 0 Å². The lowest BCUT2D eigenvalue weighted by Crippen LogP contribution is -2.42. The van der Waals surface area contributed by atoms with Crippen molar-refractivity contribution in [1.29, 1.82) is 0 Å². The van der Waals surface area contributed by atoms with Gasteiger partial charge in [0.1, 0.15) is 0 Å². The largest absolute Gasteiger partial charge is 0.345 e. The SMILES string of the molecule is CN1C[C@H](C(=O)N2CCC[C@@H](c3nc4ccccc4s3)C2)CC1=O. The van der Waals surface area contributed by atoms with E-state index in [1.165, 1.54) is 4.70 Å². The average Bonchev–Trinajstić information content (AvgIpc) is 3.18. The molecule has 126 valence electrons. The summed E-state index contributed by atoms with van der Waals surface area (Å²) in [5.74, 6) is 0.359. The second kappa shape index (κ2) is 6.16. The summed E-state index contributed by atoms with van der Waals surface area (Å²) in [5.41, 5.74) is 1.05. The molecule has 0 aliphatic carbocycles. The number of piperidine rings is 1. The van der Waals surface area contributed by atoms with Gasteiger partial charge in [0.05, 0.1) is 21.1 Å². The Hall–Kier alpha value is -1.95. The van der Waals surface area contributed by atoms with E-state index in [0.29, 0.717) is 18.9 Å². The Balaban J connectivity index is 1.49. The molecule has 0 bridgehead atoms. The number of benzene rings is 1. The molecule has 0 spiro atoms. The van der Waals surface area contributed by atoms with Crippen molar-refractivity contribution < 1.29 is 9.59 Å². The Bertz CT molecular complexity index is 754. The van der Waals surface area contributed by atoms with Crippen LogP contribution in [0.2, 0.25) is 0 Å². The fourth-order valence-corrected chi connectivity index (χ4v) is 4.82. The number of thiazole rings is 1. The third-order valence-electron chi connectivity index (χ3n) is 5.08. The number of carbonyl (C=O) groups is 2. The van der Waals surface area contributed by atoms with Gasteiger partial charge in [-0.25, -0.2) is 4.98 Å². The number of hydrogen-bond donors (Lipinski definition) is 0. The van der Waals surface area contributed by atoms with E-state index < -0.39 is 0 Å². The number of rotatable bonds is 2. The lowest BCUT2D eigenvalue weighted by Gasteiger charge is -2.33. The standard InChI is InChI=1S/C18H21N3O2S/c1-20-10-13(9-16(20)22)18(23)21-8-4-5-12(11-21)17-19-14-6-2-3-7-15(14)24-17/h2-3,6-7,12-13H,4-5,8-11H2,1H3/t12-,13-/m1/s1. The van der Waals surface area contributed by atoms with E-state index in [-0.39, 0.29) is 17.7 Å². The molecule has 4 rings (SSSR count). The maximum atomic E-state index is 12.8. The maximum Gasteiger partial charge on any atom is 0.228 e. The number of para-hydroxylation sites is 1. The highest BCUT2D eigenvalue weighted by atomic mass is 32.1. The second-order valence-corrected chi connectivity index (χ2v) is 7.88. The van der Waals surface area contributed by atoms with E-state index in [0.717, 1.165) is 36.5 Å². The molecule has 1 aromatic carbocycles. The molecule has 3 heterocycles. The van der Waals surface area contributed by atoms with Crippen molar-refractivity contribution in [2.75, 3.05) is 26.7 Å². The Morgan fingerprint density at radius 3 is 2.88 bits per heavy atom. The van der Waals surface area contributed by atoms with Gasteiger partial charge in [0.2, 0.25) is 11.8 Å². The lowest BCUT2D eigenvalue weighted by molar-refractivity contribution is -0.137. The molecule has 2 saturated heterocycles. The van der Waals surface area contributed by atoms with E-state index in [4.69, 9.17) is 4.98 Å². The topological polar surface area (TPSA) is 53.5 Å². The van der Waals surface area contributed by atoms with Crippen molar-refractivity contribution in [1.82, 2.24) is 14.8 Å². The normalized spacial score (nSPS) is 24.8. The predicted molar refractivity (Wildman–Crippen MR) is 93.9 cm³/mol. The van der Waals surface area contributed by atoms with Crippen LogP contribution >= 0.6 is 11.3 Å². The third kappa shape index (κ3) is 2.79. The summed E-state index contributed by atoms with van der Waals surface area (Å²) in [7, 11) is 1.77. The van der Waals surface area contributed by atoms with Gasteiger partial charge < -0.3 is 9.80 Å². The van der Waals surface area contributed by atoms with Crippen molar-refractivity contribution in [3.05, 3.63) is 29.3 Å². The molecular formula is C18H21N3O2S. The number of hydrogen-bond acceptors (Lipinski definition) is 4. The Labute approximate surface area is 145 Å². The minimum absolute atomic E-state index is 0.0769. The molecule has 2 aromatic rings. The van der Waals surface area contributed by atoms with Gasteiger partial charge in [-0.05, 0) is 25.0 Å². The summed E-state index contributed by atoms with van der Waals surface area (Å²) in [4.78, 5) is 32.9. The zero-order valence-electron chi connectivity index (χ0n) is 13.8. The molecule has 0 N–H and O–H groups in total. The van der Waals surface area contributed by atoms with Gasteiger partial charge in [-0.1, -0.05) is 12.1 Å². The first-order valence-electron chi connectivity index (χ1n) is 8.50. The van der Waals surface area contributed by atoms with Crippen LogP contribution in [-0.4, -0.2) is 53.3 Å². The first-order chi connectivity index (χ1) is 11.6. The molecule has 2 aliphatic heterocycles. The fourth-order valence-electron chi connectivity index (χ4n) is 3.73. The zero-order valence-corrected chi connectivity index (χ0v) is 14.6. The number of aromatic nitrogens is 1. The lowest BCUT2D eigenvalue weighted by atomic mass is 9.96. The van der Waals surface area contributed by atoms with Crippen molar-refractivity contribution >= 4 is 33.4 Å². The van der Waals surface area contributed by atoms with Crippen molar-refractivity contribution in [3.63, 3.8) is 0 Å². The van der Waals surface area contributed by atoms with Crippen molar-refractivity contribution in [2.24, 2.45) is 5.92 Å². The number of carbonyl (C=O) groups excluding carboxylic acids is 2. The third-order valence-corrected chi connectivity index (χ3v) is 6.28. The summed E-state index contributed by atoms with van der Waals surface area (Å²) >= 11 is 1.74. The summed E-state index contributed by atoms with van der Waals surface area (Å²) in [6, 6.07) is 8.19. The van der Waals surface area contributed by atoms with E-state index in [2.05, 4.69) is 6.07 Å². The first kappa shape index (κ1) is 15.6. The highest BCUT2D eigenvalue weighted by Crippen LogP contribution is 2.33. The van der Waals surface area contributed by atoms with Crippen molar-refractivity contribution in [2.45, 2.75) is 25.2 Å². The van der Waals surface area contributed by atoms with E-state index in [1.54, 1.807) is 23.3 Å². The maximum absolute atomic E-state index is 12.8. The van der Waals surface area contributed by atoms with E-state index >= 15 is 0 Å². The fraction of sp³-hybridized carbons (Fsp3) is 0.500. The van der Waals surface area contributed by atoms with Crippen LogP contribution in [0.15, 0.2) is 24.3 Å². The summed E-state index contributed by atoms with van der Waals surface area (Å²) in [6.45, 7) is 2.08. The average molecular weight is 343 g/mol. The first-order valence-corrected chi connectivity index (χ1v) is 9.31. The van der Waals surface area contributed by atoms with Crippen LogP contribution in [0.4, 0.5) is 0 Å². The Kier molecular flexibility index (Phi) is 4.00. The summed E-state index contributed by atoms with van der Waals surface area (Å²) in [6.07, 6.45) is 2.44. The minimum atomic E-state index is -0.170. The molecule has 0 saturated carbocycles. The van der Waals surface area contributed by atoms with Crippen LogP contribution in [0.3, 0.4) is 0 Å². The zero-order chi connectivity index (χ0) is 16.7. The molecule has 2 amide bonds. The van der Waals surface area contributed by atoms with Gasteiger partial charge in [0, 0.05) is 39.0 Å². The van der Waals surface area contributed by atoms with Gasteiger partial charge >= 0.3 is 0 Å². The van der Waals surface area contributed by atoms with E-state index in [9.17, 15) is 9.59 Å². The molecular weight excluding hydrogens is 322 g/mol. The van der Waals surface area contributed by atoms with Gasteiger partial charge in [-0.2, -0.15) is 0 Å². The molecule has 2 fully saturated rings. The molecule has 24 heavy (non-hydrogen) atoms. The van der Waals surface area contributed by atoms with E-state index in [1.807, 2.05) is 23.1 Å². The van der Waals surface area contributed by atoms with Crippen molar-refractivity contribution in [3.8, 4) is 0 Å². The molecule has 0 unspecified atom stereocenters. The van der Waals surface area contributed by atoms with Crippen LogP contribution in [-0.2, 0) is 9.59 Å². The highest BCUT2D eigenvalue weighted by Gasteiger charge is 2.36. The number of fused-ring (bicyclic) bond motifs is 1.